The first kappa shape index (κ1) is 9.51. The van der Waals surface area contributed by atoms with Gasteiger partial charge in [-0.3, -0.25) is 0 Å². The summed E-state index contributed by atoms with van der Waals surface area (Å²) in [5, 5.41) is 3.74. The highest BCUT2D eigenvalue weighted by molar-refractivity contribution is 4.87. The number of rotatable bonds is 3. The van der Waals surface area contributed by atoms with Gasteiger partial charge >= 0.3 is 0 Å². The second-order valence-corrected chi connectivity index (χ2v) is 5.28. The molecule has 1 heterocycles. The van der Waals surface area contributed by atoms with Gasteiger partial charge in [-0.05, 0) is 45.1 Å². The predicted molar refractivity (Wildman–Crippen MR) is 56.8 cm³/mol. The maximum Gasteiger partial charge on any atom is 0.0153 e. The monoisotopic (exact) mass is 181 g/mol. The van der Waals surface area contributed by atoms with Gasteiger partial charge in [0, 0.05) is 5.54 Å². The predicted octanol–water partition coefficient (Wildman–Crippen LogP) is 3.10. The van der Waals surface area contributed by atoms with E-state index in [0.29, 0.717) is 5.54 Å². The Morgan fingerprint density at radius 2 is 2.08 bits per heavy atom. The average molecular weight is 181 g/mol. The van der Waals surface area contributed by atoms with Crippen LogP contribution in [0, 0.1) is 5.92 Å². The molecule has 13 heavy (non-hydrogen) atoms. The van der Waals surface area contributed by atoms with Crippen LogP contribution in [0.15, 0.2) is 0 Å². The van der Waals surface area contributed by atoms with Crippen LogP contribution in [0.4, 0.5) is 0 Å². The molecule has 1 saturated heterocycles. The van der Waals surface area contributed by atoms with E-state index in [0.717, 1.165) is 5.92 Å². The van der Waals surface area contributed by atoms with E-state index in [4.69, 9.17) is 0 Å². The van der Waals surface area contributed by atoms with Crippen LogP contribution < -0.4 is 5.32 Å². The molecule has 1 saturated carbocycles. The summed E-state index contributed by atoms with van der Waals surface area (Å²) >= 11 is 0. The molecule has 0 bridgehead atoms. The number of hydrogen-bond acceptors (Lipinski definition) is 1. The zero-order valence-electron chi connectivity index (χ0n) is 8.94. The second-order valence-electron chi connectivity index (χ2n) is 5.28. The van der Waals surface area contributed by atoms with E-state index in [1.807, 2.05) is 0 Å². The van der Waals surface area contributed by atoms with Crippen molar-refractivity contribution in [2.45, 2.75) is 63.8 Å². The fourth-order valence-corrected chi connectivity index (χ4v) is 2.44. The maximum absolute atomic E-state index is 3.74. The Labute approximate surface area is 82.3 Å². The summed E-state index contributed by atoms with van der Waals surface area (Å²) in [6, 6.07) is 0. The van der Waals surface area contributed by atoms with E-state index in [-0.39, 0.29) is 0 Å². The highest BCUT2D eigenvalue weighted by Gasteiger charge is 2.28. The lowest BCUT2D eigenvalue weighted by atomic mass is 9.90. The zero-order valence-corrected chi connectivity index (χ0v) is 8.94. The van der Waals surface area contributed by atoms with Crippen molar-refractivity contribution in [1.29, 1.82) is 0 Å². The first-order chi connectivity index (χ1) is 6.29. The molecule has 0 spiro atoms. The van der Waals surface area contributed by atoms with Crippen molar-refractivity contribution in [3.8, 4) is 0 Å². The Balaban J connectivity index is 1.76. The molecular weight excluding hydrogens is 158 g/mol. The van der Waals surface area contributed by atoms with Crippen molar-refractivity contribution < 1.29 is 0 Å². The molecule has 1 unspecified atom stereocenters. The molecule has 2 fully saturated rings. The Kier molecular flexibility index (Phi) is 2.92. The maximum atomic E-state index is 3.74. The molecule has 0 aromatic carbocycles. The summed E-state index contributed by atoms with van der Waals surface area (Å²) in [7, 11) is 0. The van der Waals surface area contributed by atoms with Crippen molar-refractivity contribution in [3.05, 3.63) is 0 Å². The van der Waals surface area contributed by atoms with Crippen LogP contribution in [0.3, 0.4) is 0 Å². The van der Waals surface area contributed by atoms with Gasteiger partial charge in [-0.1, -0.05) is 25.7 Å². The largest absolute Gasteiger partial charge is 0.312 e. The normalized spacial score (nSPS) is 35.8. The number of hydrogen-bond donors (Lipinski definition) is 1. The van der Waals surface area contributed by atoms with Crippen molar-refractivity contribution in [3.63, 3.8) is 0 Å². The minimum Gasteiger partial charge on any atom is -0.312 e. The lowest BCUT2D eigenvalue weighted by Crippen LogP contribution is -2.41. The third-order valence-electron chi connectivity index (χ3n) is 3.76. The van der Waals surface area contributed by atoms with E-state index in [1.165, 1.54) is 57.9 Å². The molecule has 1 aliphatic heterocycles. The summed E-state index contributed by atoms with van der Waals surface area (Å²) in [4.78, 5) is 0. The first-order valence-electron chi connectivity index (χ1n) is 6.04. The summed E-state index contributed by atoms with van der Waals surface area (Å²) in [5.41, 5.74) is 0.485. The molecule has 0 amide bonds. The molecule has 1 heteroatoms. The zero-order chi connectivity index (χ0) is 9.15. The van der Waals surface area contributed by atoms with Crippen LogP contribution >= 0.6 is 0 Å². The molecule has 0 radical (unpaired) electrons. The van der Waals surface area contributed by atoms with E-state index < -0.39 is 0 Å². The third-order valence-corrected chi connectivity index (χ3v) is 3.76. The topological polar surface area (TPSA) is 12.0 Å². The average Bonchev–Trinajstić information content (AvgIpc) is 2.89. The fourth-order valence-electron chi connectivity index (χ4n) is 2.44. The van der Waals surface area contributed by atoms with Crippen LogP contribution in [0.2, 0.25) is 0 Å². The van der Waals surface area contributed by atoms with Gasteiger partial charge in [0.25, 0.3) is 0 Å². The molecule has 1 nitrogen and oxygen atoms in total. The Morgan fingerprint density at radius 3 is 2.85 bits per heavy atom. The van der Waals surface area contributed by atoms with Gasteiger partial charge in [-0.2, -0.15) is 0 Å². The molecule has 2 rings (SSSR count). The van der Waals surface area contributed by atoms with Crippen molar-refractivity contribution in [1.82, 2.24) is 5.32 Å². The van der Waals surface area contributed by atoms with Crippen LogP contribution in [0.1, 0.15) is 58.3 Å². The standard InChI is InChI=1S/C12H23N/c1-12(9-7-11-5-6-11)8-3-2-4-10-13-12/h11,13H,2-10H2,1H3. The Bertz CT molecular complexity index is 153. The minimum absolute atomic E-state index is 0.485. The molecule has 0 aromatic heterocycles. The van der Waals surface area contributed by atoms with Crippen LogP contribution in [-0.2, 0) is 0 Å². The number of nitrogens with one attached hydrogen (secondary N) is 1. The molecule has 0 aromatic rings. The quantitative estimate of drug-likeness (QED) is 0.705. The van der Waals surface area contributed by atoms with E-state index >= 15 is 0 Å². The van der Waals surface area contributed by atoms with Gasteiger partial charge in [0.1, 0.15) is 0 Å². The van der Waals surface area contributed by atoms with Gasteiger partial charge < -0.3 is 5.32 Å². The summed E-state index contributed by atoms with van der Waals surface area (Å²) in [5.74, 6) is 1.10. The molecule has 2 aliphatic rings. The van der Waals surface area contributed by atoms with Crippen molar-refractivity contribution >= 4 is 0 Å². The van der Waals surface area contributed by atoms with Gasteiger partial charge in [-0.25, -0.2) is 0 Å². The fraction of sp³-hybridized carbons (Fsp3) is 1.00. The first-order valence-corrected chi connectivity index (χ1v) is 6.04. The third kappa shape index (κ3) is 2.98. The molecular formula is C12H23N. The Morgan fingerprint density at radius 1 is 1.23 bits per heavy atom. The summed E-state index contributed by atoms with van der Waals surface area (Å²) < 4.78 is 0. The second kappa shape index (κ2) is 4.00. The highest BCUT2D eigenvalue weighted by atomic mass is 15.0. The minimum atomic E-state index is 0.485. The molecule has 1 atom stereocenters. The van der Waals surface area contributed by atoms with Gasteiger partial charge in [0.15, 0.2) is 0 Å². The van der Waals surface area contributed by atoms with E-state index in [9.17, 15) is 0 Å². The van der Waals surface area contributed by atoms with Crippen LogP contribution in [0.5, 0.6) is 0 Å². The van der Waals surface area contributed by atoms with E-state index in [1.54, 1.807) is 0 Å². The lowest BCUT2D eigenvalue weighted by Gasteiger charge is -2.29. The van der Waals surface area contributed by atoms with E-state index in [2.05, 4.69) is 12.2 Å². The Hall–Kier alpha value is -0.0400. The summed E-state index contributed by atoms with van der Waals surface area (Å²) in [6.45, 7) is 3.68. The van der Waals surface area contributed by atoms with Crippen LogP contribution in [-0.4, -0.2) is 12.1 Å². The smallest absolute Gasteiger partial charge is 0.0153 e. The SMILES string of the molecule is CC1(CCC2CC2)CCCCCN1. The van der Waals surface area contributed by atoms with Gasteiger partial charge in [0.05, 0.1) is 0 Å². The summed E-state index contributed by atoms with van der Waals surface area (Å²) in [6.07, 6.45) is 11.6. The van der Waals surface area contributed by atoms with Gasteiger partial charge in [0.2, 0.25) is 0 Å². The van der Waals surface area contributed by atoms with Crippen LogP contribution in [0.25, 0.3) is 0 Å². The highest BCUT2D eigenvalue weighted by Crippen LogP contribution is 2.36. The molecule has 76 valence electrons. The van der Waals surface area contributed by atoms with Gasteiger partial charge in [-0.15, -0.1) is 0 Å². The lowest BCUT2D eigenvalue weighted by molar-refractivity contribution is 0.310. The molecule has 1 N–H and O–H groups in total. The molecule has 1 aliphatic carbocycles. The van der Waals surface area contributed by atoms with Crippen molar-refractivity contribution in [2.24, 2.45) is 5.92 Å². The van der Waals surface area contributed by atoms with Crippen molar-refractivity contribution in [2.75, 3.05) is 6.54 Å².